The van der Waals surface area contributed by atoms with Crippen molar-refractivity contribution in [2.75, 3.05) is 0 Å². The van der Waals surface area contributed by atoms with E-state index < -0.39 is 10.8 Å². The number of benzene rings is 5. The van der Waals surface area contributed by atoms with Crippen molar-refractivity contribution in [1.29, 1.82) is 0 Å². The minimum atomic E-state index is -0.876. The summed E-state index contributed by atoms with van der Waals surface area (Å²) in [5.74, 6) is -0.0947. The molecule has 0 saturated heterocycles. The van der Waals surface area contributed by atoms with Crippen molar-refractivity contribution >= 4 is 5.78 Å². The molecule has 0 heterocycles. The lowest BCUT2D eigenvalue weighted by molar-refractivity contribution is -0.139. The second kappa shape index (κ2) is 8.52. The third-order valence-corrected chi connectivity index (χ3v) is 7.66. The zero-order chi connectivity index (χ0) is 23.7. The Morgan fingerprint density at radius 3 is 1.09 bits per heavy atom. The van der Waals surface area contributed by atoms with Crippen molar-refractivity contribution in [3.63, 3.8) is 0 Å². The largest absolute Gasteiger partial charge is 0.298 e. The monoisotopic (exact) mass is 450 g/mol. The minimum Gasteiger partial charge on any atom is -0.298 e. The third kappa shape index (κ3) is 2.91. The van der Waals surface area contributed by atoms with Gasteiger partial charge >= 0.3 is 0 Å². The molecule has 0 N–H and O–H groups in total. The van der Waals surface area contributed by atoms with Gasteiger partial charge in [-0.1, -0.05) is 152 Å². The predicted molar refractivity (Wildman–Crippen MR) is 142 cm³/mol. The van der Waals surface area contributed by atoms with Crippen molar-refractivity contribution < 1.29 is 4.79 Å². The molecule has 0 aliphatic heterocycles. The second-order valence-electron chi connectivity index (χ2n) is 9.23. The fraction of sp³-hybridized carbons (Fsp3) is 0.0882. The highest BCUT2D eigenvalue weighted by molar-refractivity contribution is 6.11. The Balaban J connectivity index is 1.80. The van der Waals surface area contributed by atoms with Crippen LogP contribution in [0.5, 0.6) is 0 Å². The van der Waals surface area contributed by atoms with E-state index in [1.165, 1.54) is 0 Å². The summed E-state index contributed by atoms with van der Waals surface area (Å²) in [4.78, 5) is 14.8. The van der Waals surface area contributed by atoms with Gasteiger partial charge in [0, 0.05) is 0 Å². The molecule has 1 aliphatic carbocycles. The van der Waals surface area contributed by atoms with Crippen LogP contribution in [0, 0.1) is 0 Å². The van der Waals surface area contributed by atoms with Gasteiger partial charge in [0.05, 0.1) is 16.7 Å². The maximum absolute atomic E-state index is 14.8. The smallest absolute Gasteiger partial charge is 0.157 e. The van der Waals surface area contributed by atoms with Crippen molar-refractivity contribution in [1.82, 2.24) is 0 Å². The lowest BCUT2D eigenvalue weighted by Crippen LogP contribution is -2.71. The van der Waals surface area contributed by atoms with E-state index in [9.17, 15) is 4.79 Å². The average molecular weight is 451 g/mol. The summed E-state index contributed by atoms with van der Waals surface area (Å²) in [6.07, 6.45) is 0. The Morgan fingerprint density at radius 1 is 0.400 bits per heavy atom. The van der Waals surface area contributed by atoms with Gasteiger partial charge in [-0.05, 0) is 27.8 Å². The Hall–Kier alpha value is -4.23. The maximum Gasteiger partial charge on any atom is 0.157 e. The Bertz CT molecular complexity index is 1350. The molecule has 0 aromatic heterocycles. The summed E-state index contributed by atoms with van der Waals surface area (Å²) in [6.45, 7) is 0. The summed E-state index contributed by atoms with van der Waals surface area (Å²) >= 11 is 0. The van der Waals surface area contributed by atoms with Crippen molar-refractivity contribution in [3.05, 3.63) is 179 Å². The van der Waals surface area contributed by atoms with E-state index in [-0.39, 0.29) is 11.7 Å². The molecule has 0 bridgehead atoms. The van der Waals surface area contributed by atoms with Crippen molar-refractivity contribution in [3.8, 4) is 0 Å². The molecule has 5 aromatic rings. The zero-order valence-corrected chi connectivity index (χ0v) is 19.4. The quantitative estimate of drug-likeness (QED) is 0.274. The highest BCUT2D eigenvalue weighted by atomic mass is 16.1. The number of hydrogen-bond donors (Lipinski definition) is 0. The van der Waals surface area contributed by atoms with Gasteiger partial charge in [0.25, 0.3) is 0 Å². The fourth-order valence-electron chi connectivity index (χ4n) is 6.41. The predicted octanol–water partition coefficient (Wildman–Crippen LogP) is 7.33. The minimum absolute atomic E-state index is 0.230. The van der Waals surface area contributed by atoms with Crippen LogP contribution in [-0.4, -0.2) is 5.78 Å². The first-order chi connectivity index (χ1) is 17.3. The van der Waals surface area contributed by atoms with Crippen LogP contribution < -0.4 is 0 Å². The number of ketones is 1. The number of rotatable bonds is 5. The van der Waals surface area contributed by atoms with Gasteiger partial charge in [0.15, 0.2) is 5.78 Å². The molecule has 1 aliphatic rings. The Morgan fingerprint density at radius 2 is 0.714 bits per heavy atom. The van der Waals surface area contributed by atoms with Crippen LogP contribution in [0.25, 0.3) is 0 Å². The maximum atomic E-state index is 14.8. The number of carbonyl (C=O) groups is 1. The van der Waals surface area contributed by atoms with Gasteiger partial charge in [0.1, 0.15) is 0 Å². The third-order valence-electron chi connectivity index (χ3n) is 7.66. The van der Waals surface area contributed by atoms with Gasteiger partial charge in [-0.15, -0.1) is 0 Å². The summed E-state index contributed by atoms with van der Waals surface area (Å²) in [6, 6.07) is 52.2. The van der Waals surface area contributed by atoms with E-state index in [0.717, 1.165) is 27.8 Å². The standard InChI is InChI=1S/C34H26O/c35-32-31(26-16-6-1-7-17-26)33(27-18-8-2-9-19-27,28-20-10-3-11-21-28)34(32,29-22-12-4-13-23-29)30-24-14-5-15-25-30/h1-25,31H. The van der Waals surface area contributed by atoms with Gasteiger partial charge in [0.2, 0.25) is 0 Å². The van der Waals surface area contributed by atoms with Crippen LogP contribution in [0.3, 0.4) is 0 Å². The lowest BCUT2D eigenvalue weighted by Gasteiger charge is -2.64. The molecule has 0 amide bonds. The van der Waals surface area contributed by atoms with Crippen LogP contribution in [0.1, 0.15) is 33.7 Å². The van der Waals surface area contributed by atoms with Crippen LogP contribution in [0.2, 0.25) is 0 Å². The average Bonchev–Trinajstić information content (AvgIpc) is 2.94. The first kappa shape index (κ1) is 21.3. The van der Waals surface area contributed by atoms with Crippen LogP contribution >= 0.6 is 0 Å². The number of carbonyl (C=O) groups excluding carboxylic acids is 1. The SMILES string of the molecule is O=C1C(c2ccccc2)C(c2ccccc2)(c2ccccc2)C1(c1ccccc1)c1ccccc1. The molecule has 6 rings (SSSR count). The first-order valence-electron chi connectivity index (χ1n) is 12.1. The van der Waals surface area contributed by atoms with Crippen molar-refractivity contribution in [2.45, 2.75) is 16.7 Å². The highest BCUT2D eigenvalue weighted by Crippen LogP contribution is 2.69. The van der Waals surface area contributed by atoms with Gasteiger partial charge < -0.3 is 0 Å². The molecule has 1 nitrogen and oxygen atoms in total. The molecule has 1 saturated carbocycles. The summed E-state index contributed by atoms with van der Waals surface area (Å²) in [5.41, 5.74) is 3.88. The van der Waals surface area contributed by atoms with E-state index in [1.807, 2.05) is 66.7 Å². The first-order valence-corrected chi connectivity index (χ1v) is 12.1. The second-order valence-corrected chi connectivity index (χ2v) is 9.23. The molecule has 1 heteroatoms. The molecular formula is C34H26O. The Labute approximate surface area is 206 Å². The number of hydrogen-bond acceptors (Lipinski definition) is 1. The molecule has 1 atom stereocenters. The summed E-state index contributed by atoms with van der Waals surface area (Å²) in [5, 5.41) is 0. The van der Waals surface area contributed by atoms with Gasteiger partial charge in [-0.25, -0.2) is 0 Å². The molecule has 0 radical (unpaired) electrons. The number of Topliss-reactive ketones (excluding diaryl/α,β-unsaturated/α-hetero) is 1. The Kier molecular flexibility index (Phi) is 5.19. The van der Waals surface area contributed by atoms with E-state index in [4.69, 9.17) is 0 Å². The van der Waals surface area contributed by atoms with E-state index in [0.29, 0.717) is 0 Å². The summed E-state index contributed by atoms with van der Waals surface area (Å²) in [7, 11) is 0. The fourth-order valence-corrected chi connectivity index (χ4v) is 6.41. The normalized spacial score (nSPS) is 17.9. The molecule has 35 heavy (non-hydrogen) atoms. The molecule has 1 unspecified atom stereocenters. The molecular weight excluding hydrogens is 424 g/mol. The highest BCUT2D eigenvalue weighted by Gasteiger charge is 2.74. The molecule has 0 spiro atoms. The lowest BCUT2D eigenvalue weighted by atomic mass is 9.34. The van der Waals surface area contributed by atoms with Crippen LogP contribution in [0.15, 0.2) is 152 Å². The molecule has 168 valence electrons. The summed E-state index contributed by atoms with van der Waals surface area (Å²) < 4.78 is 0. The molecule has 1 fully saturated rings. The topological polar surface area (TPSA) is 17.1 Å². The molecule has 5 aromatic carbocycles. The van der Waals surface area contributed by atoms with Crippen LogP contribution in [-0.2, 0) is 15.6 Å². The van der Waals surface area contributed by atoms with E-state index in [2.05, 4.69) is 84.9 Å². The van der Waals surface area contributed by atoms with Crippen molar-refractivity contribution in [2.24, 2.45) is 0 Å². The van der Waals surface area contributed by atoms with Gasteiger partial charge in [-0.3, -0.25) is 4.79 Å². The van der Waals surface area contributed by atoms with E-state index in [1.54, 1.807) is 0 Å². The van der Waals surface area contributed by atoms with Gasteiger partial charge in [-0.2, -0.15) is 0 Å². The van der Waals surface area contributed by atoms with Crippen LogP contribution in [0.4, 0.5) is 0 Å². The zero-order valence-electron chi connectivity index (χ0n) is 19.4. The van der Waals surface area contributed by atoms with E-state index >= 15 is 0 Å².